The number of rotatable bonds is 0. The lowest BCUT2D eigenvalue weighted by atomic mass is 9.91. The van der Waals surface area contributed by atoms with E-state index in [1.165, 1.54) is 11.3 Å². The number of pyridine rings is 1. The Morgan fingerprint density at radius 2 is 1.65 bits per heavy atom. The molecule has 0 spiro atoms. The van der Waals surface area contributed by atoms with Crippen molar-refractivity contribution in [3.05, 3.63) is 35.3 Å². The molecule has 0 radical (unpaired) electrons. The number of fused-ring (bicyclic) bond motifs is 1. The van der Waals surface area contributed by atoms with E-state index in [4.69, 9.17) is 0 Å². The van der Waals surface area contributed by atoms with E-state index in [-0.39, 0.29) is 5.41 Å². The van der Waals surface area contributed by atoms with Crippen molar-refractivity contribution in [1.29, 1.82) is 0 Å². The average molecular weight is 232 g/mol. The predicted octanol–water partition coefficient (Wildman–Crippen LogP) is 4.27. The summed E-state index contributed by atoms with van der Waals surface area (Å²) in [6.07, 6.45) is 2.16. The van der Waals surface area contributed by atoms with Gasteiger partial charge in [0, 0.05) is 11.6 Å². The molecule has 2 rings (SSSR count). The Labute approximate surface area is 105 Å². The molecule has 0 atom stereocenters. The Morgan fingerprint density at radius 3 is 2.18 bits per heavy atom. The quantitative estimate of drug-likeness (QED) is 0.663. The molecule has 2 heterocycles. The highest BCUT2D eigenvalue weighted by Crippen LogP contribution is 2.26. The Kier molecular flexibility index (Phi) is 3.97. The summed E-state index contributed by atoms with van der Waals surface area (Å²) in [4.78, 5) is 4.58. The summed E-state index contributed by atoms with van der Waals surface area (Å²) in [5, 5.41) is 0. The van der Waals surface area contributed by atoms with Crippen molar-refractivity contribution in [2.45, 2.75) is 53.9 Å². The summed E-state index contributed by atoms with van der Waals surface area (Å²) in [7, 11) is 0. The third-order valence-corrected chi connectivity index (χ3v) is 2.65. The summed E-state index contributed by atoms with van der Waals surface area (Å²) < 4.78 is 2.21. The van der Waals surface area contributed by atoms with Crippen molar-refractivity contribution in [2.24, 2.45) is 0 Å². The highest BCUT2D eigenvalue weighted by molar-refractivity contribution is 5.45. The summed E-state index contributed by atoms with van der Waals surface area (Å²) >= 11 is 0. The molecule has 17 heavy (non-hydrogen) atoms. The minimum absolute atomic E-state index is 0.136. The van der Waals surface area contributed by atoms with E-state index in [1.807, 2.05) is 13.8 Å². The maximum atomic E-state index is 4.58. The molecule has 0 aromatic carbocycles. The Bertz CT molecular complexity index is 501. The standard InChI is InChI=1S/C13H18N2.C2H6/c1-9-6-7-11-14-10(2)12(13(3,4)5)15(11)8-9;1-2/h6-8H,1-5H3;1-2H3. The molecule has 0 saturated heterocycles. The third kappa shape index (κ3) is 2.68. The van der Waals surface area contributed by atoms with E-state index in [0.29, 0.717) is 0 Å². The number of hydrogen-bond acceptors (Lipinski definition) is 1. The molecule has 0 aliphatic carbocycles. The molecule has 2 nitrogen and oxygen atoms in total. The fraction of sp³-hybridized carbons (Fsp3) is 0.533. The van der Waals surface area contributed by atoms with Crippen molar-refractivity contribution in [1.82, 2.24) is 9.38 Å². The zero-order valence-corrected chi connectivity index (χ0v) is 12.1. The number of aromatic nitrogens is 2. The maximum absolute atomic E-state index is 4.58. The van der Waals surface area contributed by atoms with Crippen LogP contribution in [0.15, 0.2) is 18.3 Å². The smallest absolute Gasteiger partial charge is 0.137 e. The molecule has 0 saturated carbocycles. The van der Waals surface area contributed by atoms with Crippen LogP contribution in [0.5, 0.6) is 0 Å². The summed E-state index contributed by atoms with van der Waals surface area (Å²) in [5.74, 6) is 0. The van der Waals surface area contributed by atoms with Gasteiger partial charge in [-0.3, -0.25) is 0 Å². The summed E-state index contributed by atoms with van der Waals surface area (Å²) in [6, 6.07) is 4.19. The van der Waals surface area contributed by atoms with E-state index >= 15 is 0 Å². The SMILES string of the molecule is CC.Cc1ccc2nc(C)c(C(C)(C)C)n2c1. The average Bonchev–Trinajstić information content (AvgIpc) is 2.55. The van der Waals surface area contributed by atoms with Gasteiger partial charge in [-0.15, -0.1) is 0 Å². The van der Waals surface area contributed by atoms with Gasteiger partial charge < -0.3 is 4.40 Å². The molecule has 0 aliphatic heterocycles. The number of hydrogen-bond donors (Lipinski definition) is 0. The minimum Gasteiger partial charge on any atom is -0.303 e. The van der Waals surface area contributed by atoms with Gasteiger partial charge in [-0.05, 0) is 25.5 Å². The minimum atomic E-state index is 0.136. The van der Waals surface area contributed by atoms with Crippen LogP contribution < -0.4 is 0 Å². The number of nitrogens with zero attached hydrogens (tertiary/aromatic N) is 2. The molecular formula is C15H24N2. The normalized spacial score (nSPS) is 11.2. The van der Waals surface area contributed by atoms with Crippen LogP contribution in [0.4, 0.5) is 0 Å². The number of imidazole rings is 1. The molecule has 0 fully saturated rings. The van der Waals surface area contributed by atoms with Gasteiger partial charge in [0.05, 0.1) is 11.4 Å². The lowest BCUT2D eigenvalue weighted by molar-refractivity contribution is 0.559. The van der Waals surface area contributed by atoms with Crippen molar-refractivity contribution < 1.29 is 0 Å². The first kappa shape index (κ1) is 13.8. The topological polar surface area (TPSA) is 17.3 Å². The molecule has 2 heteroatoms. The highest BCUT2D eigenvalue weighted by atomic mass is 15.0. The first-order valence-corrected chi connectivity index (χ1v) is 6.35. The zero-order valence-electron chi connectivity index (χ0n) is 12.1. The Hall–Kier alpha value is -1.31. The van der Waals surface area contributed by atoms with Gasteiger partial charge in [-0.2, -0.15) is 0 Å². The van der Waals surface area contributed by atoms with Gasteiger partial charge in [-0.25, -0.2) is 4.98 Å². The van der Waals surface area contributed by atoms with Crippen LogP contribution in [0.25, 0.3) is 5.65 Å². The highest BCUT2D eigenvalue weighted by Gasteiger charge is 2.21. The van der Waals surface area contributed by atoms with Crippen LogP contribution in [-0.4, -0.2) is 9.38 Å². The van der Waals surface area contributed by atoms with Gasteiger partial charge >= 0.3 is 0 Å². The Morgan fingerprint density at radius 1 is 1.06 bits per heavy atom. The van der Waals surface area contributed by atoms with E-state index in [2.05, 4.69) is 62.3 Å². The van der Waals surface area contributed by atoms with Crippen LogP contribution in [0.2, 0.25) is 0 Å². The second-order valence-electron chi connectivity index (χ2n) is 5.23. The van der Waals surface area contributed by atoms with Crippen LogP contribution in [0.1, 0.15) is 51.6 Å². The predicted molar refractivity (Wildman–Crippen MR) is 74.7 cm³/mol. The van der Waals surface area contributed by atoms with Crippen molar-refractivity contribution in [2.75, 3.05) is 0 Å². The molecule has 2 aromatic rings. The molecule has 0 bridgehead atoms. The third-order valence-electron chi connectivity index (χ3n) is 2.65. The van der Waals surface area contributed by atoms with Crippen molar-refractivity contribution in [3.8, 4) is 0 Å². The second-order valence-corrected chi connectivity index (χ2v) is 5.23. The van der Waals surface area contributed by atoms with Gasteiger partial charge in [0.25, 0.3) is 0 Å². The maximum Gasteiger partial charge on any atom is 0.137 e. The van der Waals surface area contributed by atoms with Crippen LogP contribution in [0, 0.1) is 13.8 Å². The first-order valence-electron chi connectivity index (χ1n) is 6.35. The monoisotopic (exact) mass is 232 g/mol. The van der Waals surface area contributed by atoms with E-state index in [9.17, 15) is 0 Å². The van der Waals surface area contributed by atoms with Crippen molar-refractivity contribution >= 4 is 5.65 Å². The van der Waals surface area contributed by atoms with Gasteiger partial charge in [-0.1, -0.05) is 40.7 Å². The van der Waals surface area contributed by atoms with Crippen LogP contribution in [0.3, 0.4) is 0 Å². The van der Waals surface area contributed by atoms with Gasteiger partial charge in [0.2, 0.25) is 0 Å². The van der Waals surface area contributed by atoms with E-state index in [0.717, 1.165) is 11.3 Å². The molecule has 0 aliphatic rings. The number of aryl methyl sites for hydroxylation is 2. The largest absolute Gasteiger partial charge is 0.303 e. The molecule has 0 unspecified atom stereocenters. The fourth-order valence-electron chi connectivity index (χ4n) is 2.17. The summed E-state index contributed by atoms with van der Waals surface area (Å²) in [5.41, 5.74) is 4.89. The van der Waals surface area contributed by atoms with Crippen molar-refractivity contribution in [3.63, 3.8) is 0 Å². The van der Waals surface area contributed by atoms with E-state index < -0.39 is 0 Å². The summed E-state index contributed by atoms with van der Waals surface area (Å²) in [6.45, 7) is 14.9. The second kappa shape index (κ2) is 4.91. The molecule has 94 valence electrons. The van der Waals surface area contributed by atoms with Gasteiger partial charge in [0.1, 0.15) is 5.65 Å². The lowest BCUT2D eigenvalue weighted by Gasteiger charge is -2.19. The molecule has 2 aromatic heterocycles. The zero-order chi connectivity index (χ0) is 13.2. The van der Waals surface area contributed by atoms with E-state index in [1.54, 1.807) is 0 Å². The first-order chi connectivity index (χ1) is 7.89. The Balaban J connectivity index is 0.000000686. The fourth-order valence-corrected chi connectivity index (χ4v) is 2.17. The molecular weight excluding hydrogens is 208 g/mol. The molecule has 0 amide bonds. The van der Waals surface area contributed by atoms with Crippen LogP contribution in [-0.2, 0) is 5.41 Å². The van der Waals surface area contributed by atoms with Crippen LogP contribution >= 0.6 is 0 Å². The van der Waals surface area contributed by atoms with Gasteiger partial charge in [0.15, 0.2) is 0 Å². The lowest BCUT2D eigenvalue weighted by Crippen LogP contribution is -2.15. The molecule has 0 N–H and O–H groups in total.